The number of nitrogens with one attached hydrogen (secondary N) is 2. The molecule has 0 amide bonds. The van der Waals surface area contributed by atoms with E-state index in [9.17, 15) is 0 Å². The van der Waals surface area contributed by atoms with Crippen molar-refractivity contribution in [3.8, 4) is 11.3 Å². The SMILES string of the molecule is Cc1c(-c2cc3cc(Nc4cc5n(n4)Cc4nccn4CC5)ncc3c(N)n2)cnc2c1NC(C)(C)[C@@H]2C. The van der Waals surface area contributed by atoms with Crippen molar-refractivity contribution in [1.29, 1.82) is 0 Å². The first-order chi connectivity index (χ1) is 18.3. The summed E-state index contributed by atoms with van der Waals surface area (Å²) in [6.07, 6.45) is 8.45. The molecule has 0 unspecified atom stereocenters. The van der Waals surface area contributed by atoms with Gasteiger partial charge in [0, 0.05) is 71.9 Å². The van der Waals surface area contributed by atoms with E-state index in [4.69, 9.17) is 20.8 Å². The summed E-state index contributed by atoms with van der Waals surface area (Å²) in [5.41, 5.74) is 12.6. The average Bonchev–Trinajstić information content (AvgIpc) is 3.52. The number of hydrogen-bond donors (Lipinski definition) is 3. The molecule has 0 saturated heterocycles. The monoisotopic (exact) mass is 506 g/mol. The van der Waals surface area contributed by atoms with Crippen molar-refractivity contribution in [2.75, 3.05) is 16.4 Å². The Morgan fingerprint density at radius 3 is 2.84 bits per heavy atom. The van der Waals surface area contributed by atoms with E-state index in [-0.39, 0.29) is 5.54 Å². The summed E-state index contributed by atoms with van der Waals surface area (Å²) in [5.74, 6) is 3.24. The van der Waals surface area contributed by atoms with Crippen LogP contribution in [0.15, 0.2) is 43.0 Å². The van der Waals surface area contributed by atoms with Gasteiger partial charge >= 0.3 is 0 Å². The maximum absolute atomic E-state index is 6.40. The Bertz CT molecular complexity index is 1730. The van der Waals surface area contributed by atoms with Crippen LogP contribution in [0.25, 0.3) is 22.0 Å². The molecule has 0 aliphatic carbocycles. The van der Waals surface area contributed by atoms with Crippen molar-refractivity contribution < 1.29 is 0 Å². The molecule has 38 heavy (non-hydrogen) atoms. The van der Waals surface area contributed by atoms with Crippen molar-refractivity contribution in [2.24, 2.45) is 0 Å². The fourth-order valence-electron chi connectivity index (χ4n) is 5.57. The molecule has 2 aliphatic rings. The Hall–Kier alpha value is -4.47. The Kier molecular flexibility index (Phi) is 4.79. The zero-order valence-electron chi connectivity index (χ0n) is 21.9. The summed E-state index contributed by atoms with van der Waals surface area (Å²) in [4.78, 5) is 18.6. The maximum Gasteiger partial charge on any atom is 0.153 e. The van der Waals surface area contributed by atoms with Gasteiger partial charge in [-0.3, -0.25) is 9.67 Å². The second kappa shape index (κ2) is 8.01. The van der Waals surface area contributed by atoms with E-state index in [1.54, 1.807) is 6.20 Å². The van der Waals surface area contributed by atoms with Crippen LogP contribution in [0.2, 0.25) is 0 Å². The molecule has 5 aromatic rings. The van der Waals surface area contributed by atoms with Crippen LogP contribution in [-0.2, 0) is 19.5 Å². The van der Waals surface area contributed by atoms with E-state index < -0.39 is 0 Å². The van der Waals surface area contributed by atoms with Gasteiger partial charge in [0.05, 0.1) is 23.6 Å². The van der Waals surface area contributed by atoms with Crippen LogP contribution in [0, 0.1) is 6.92 Å². The maximum atomic E-state index is 6.40. The molecule has 1 atom stereocenters. The van der Waals surface area contributed by atoms with E-state index in [0.717, 1.165) is 63.6 Å². The summed E-state index contributed by atoms with van der Waals surface area (Å²) in [6, 6.07) is 6.13. The fourth-order valence-corrected chi connectivity index (χ4v) is 5.57. The van der Waals surface area contributed by atoms with E-state index in [1.807, 2.05) is 29.3 Å². The number of fused-ring (bicyclic) bond motifs is 4. The Balaban J connectivity index is 1.22. The number of aromatic nitrogens is 7. The summed E-state index contributed by atoms with van der Waals surface area (Å²) in [5, 5.41) is 13.6. The number of nitrogen functional groups attached to an aromatic ring is 1. The van der Waals surface area contributed by atoms with Crippen molar-refractivity contribution >= 4 is 33.9 Å². The van der Waals surface area contributed by atoms with Crippen LogP contribution >= 0.6 is 0 Å². The van der Waals surface area contributed by atoms with Crippen LogP contribution in [0.1, 0.15) is 49.5 Å². The van der Waals surface area contributed by atoms with Crippen LogP contribution in [0.5, 0.6) is 0 Å². The lowest BCUT2D eigenvalue weighted by atomic mass is 9.90. The number of rotatable bonds is 3. The molecule has 0 spiro atoms. The van der Waals surface area contributed by atoms with Gasteiger partial charge in [0.25, 0.3) is 0 Å². The molecule has 7 rings (SSSR count). The van der Waals surface area contributed by atoms with Crippen molar-refractivity contribution in [3.63, 3.8) is 0 Å². The number of anilines is 4. The first-order valence-electron chi connectivity index (χ1n) is 12.9. The number of imidazole rings is 1. The molecule has 5 aromatic heterocycles. The van der Waals surface area contributed by atoms with Crippen LogP contribution in [0.3, 0.4) is 0 Å². The van der Waals surface area contributed by atoms with Crippen molar-refractivity contribution in [1.82, 2.24) is 34.3 Å². The van der Waals surface area contributed by atoms with Gasteiger partial charge in [-0.25, -0.2) is 15.0 Å². The van der Waals surface area contributed by atoms with E-state index in [2.05, 4.69) is 65.0 Å². The number of nitrogens with zero attached hydrogens (tertiary/aromatic N) is 7. The number of pyridine rings is 3. The smallest absolute Gasteiger partial charge is 0.153 e. The standard InChI is InChI=1S/C28H30N10/c1-15-19(12-32-26-16(2)28(3,4)35-25(15)26)21-9-17-10-22(31-13-20(17)27(29)33-21)34-23-11-18-5-7-37-8-6-30-24(37)14-38(18)36-23/h6,8-13,16,35H,5,7,14H2,1-4H3,(H2,29,33)(H,31,34,36)/t16-/m1/s1. The fraction of sp³-hybridized carbons (Fsp3) is 0.321. The zero-order valence-corrected chi connectivity index (χ0v) is 21.9. The highest BCUT2D eigenvalue weighted by Gasteiger charge is 2.38. The minimum Gasteiger partial charge on any atom is -0.383 e. The highest BCUT2D eigenvalue weighted by molar-refractivity contribution is 5.95. The van der Waals surface area contributed by atoms with Gasteiger partial charge in [-0.15, -0.1) is 0 Å². The first-order valence-corrected chi connectivity index (χ1v) is 12.9. The van der Waals surface area contributed by atoms with Crippen molar-refractivity contribution in [2.45, 2.75) is 58.7 Å². The lowest BCUT2D eigenvalue weighted by Gasteiger charge is -2.24. The molecule has 0 aromatic carbocycles. The van der Waals surface area contributed by atoms with Crippen LogP contribution < -0.4 is 16.4 Å². The van der Waals surface area contributed by atoms with E-state index in [0.29, 0.717) is 24.1 Å². The second-order valence-electron chi connectivity index (χ2n) is 10.9. The topological polar surface area (TPSA) is 124 Å². The minimum atomic E-state index is -0.0485. The largest absolute Gasteiger partial charge is 0.383 e. The highest BCUT2D eigenvalue weighted by atomic mass is 15.3. The Morgan fingerprint density at radius 2 is 1.97 bits per heavy atom. The minimum absolute atomic E-state index is 0.0485. The third kappa shape index (κ3) is 3.51. The van der Waals surface area contributed by atoms with Gasteiger partial charge in [0.1, 0.15) is 17.5 Å². The van der Waals surface area contributed by atoms with Gasteiger partial charge in [-0.1, -0.05) is 6.92 Å². The zero-order chi connectivity index (χ0) is 26.2. The predicted octanol–water partition coefficient (Wildman–Crippen LogP) is 4.63. The Morgan fingerprint density at radius 1 is 1.11 bits per heavy atom. The van der Waals surface area contributed by atoms with E-state index in [1.165, 1.54) is 5.69 Å². The molecule has 10 nitrogen and oxygen atoms in total. The van der Waals surface area contributed by atoms with Gasteiger partial charge in [0.2, 0.25) is 0 Å². The van der Waals surface area contributed by atoms with Gasteiger partial charge < -0.3 is 20.9 Å². The predicted molar refractivity (Wildman–Crippen MR) is 149 cm³/mol. The average molecular weight is 507 g/mol. The summed E-state index contributed by atoms with van der Waals surface area (Å²) in [6.45, 7) is 10.3. The molecule has 10 heteroatoms. The highest BCUT2D eigenvalue weighted by Crippen LogP contribution is 2.44. The summed E-state index contributed by atoms with van der Waals surface area (Å²) < 4.78 is 4.19. The van der Waals surface area contributed by atoms with Crippen molar-refractivity contribution in [3.05, 3.63) is 65.8 Å². The number of hydrogen-bond acceptors (Lipinski definition) is 8. The van der Waals surface area contributed by atoms with Crippen LogP contribution in [0.4, 0.5) is 23.1 Å². The van der Waals surface area contributed by atoms with E-state index >= 15 is 0 Å². The lowest BCUT2D eigenvalue weighted by Crippen LogP contribution is -2.30. The normalized spacial score (nSPS) is 17.4. The third-order valence-electron chi connectivity index (χ3n) is 8.15. The molecule has 0 bridgehead atoms. The van der Waals surface area contributed by atoms with Gasteiger partial charge in [-0.2, -0.15) is 5.10 Å². The molecule has 7 heterocycles. The molecule has 0 fully saturated rings. The summed E-state index contributed by atoms with van der Waals surface area (Å²) in [7, 11) is 0. The molecule has 192 valence electrons. The number of aryl methyl sites for hydroxylation is 2. The Labute approximate surface area is 220 Å². The van der Waals surface area contributed by atoms with Gasteiger partial charge in [0.15, 0.2) is 5.82 Å². The van der Waals surface area contributed by atoms with Crippen LogP contribution in [-0.4, -0.2) is 39.8 Å². The molecule has 0 saturated carbocycles. The quantitative estimate of drug-likeness (QED) is 0.323. The molecule has 0 radical (unpaired) electrons. The summed E-state index contributed by atoms with van der Waals surface area (Å²) >= 11 is 0. The molecular weight excluding hydrogens is 476 g/mol. The molecule has 4 N–H and O–H groups in total. The molecular formula is C28H30N10. The molecule has 2 aliphatic heterocycles. The third-order valence-corrected chi connectivity index (χ3v) is 8.15. The van der Waals surface area contributed by atoms with Gasteiger partial charge in [-0.05, 0) is 43.9 Å². The first kappa shape index (κ1) is 22.7. The number of nitrogens with two attached hydrogens (primary N) is 1. The lowest BCUT2D eigenvalue weighted by molar-refractivity contribution is 0.496. The second-order valence-corrected chi connectivity index (χ2v) is 10.9.